The zero-order chi connectivity index (χ0) is 44.4. The molecular weight excluding hydrogens is 1070 g/mol. The summed E-state index contributed by atoms with van der Waals surface area (Å²) in [7, 11) is 4.61. The second-order valence-electron chi connectivity index (χ2n) is 14.8. The first-order chi connectivity index (χ1) is 32.2. The van der Waals surface area contributed by atoms with Crippen molar-refractivity contribution in [2.24, 2.45) is 0 Å². The van der Waals surface area contributed by atoms with Crippen molar-refractivity contribution in [2.75, 3.05) is 0 Å². The van der Waals surface area contributed by atoms with E-state index in [2.05, 4.69) is 136 Å². The van der Waals surface area contributed by atoms with Gasteiger partial charge < -0.3 is 4.98 Å². The van der Waals surface area contributed by atoms with Crippen molar-refractivity contribution in [3.05, 3.63) is 228 Å². The Balaban J connectivity index is 0.000000127. The minimum absolute atomic E-state index is 0.829. The molecule has 0 radical (unpaired) electrons. The van der Waals surface area contributed by atoms with Crippen molar-refractivity contribution in [3.8, 4) is 67.8 Å². The van der Waals surface area contributed by atoms with Gasteiger partial charge in [0.15, 0.2) is 0 Å². The number of benzene rings is 4. The van der Waals surface area contributed by atoms with Crippen molar-refractivity contribution in [1.29, 1.82) is 0 Å². The first-order valence-corrected chi connectivity index (χ1v) is 24.3. The Hall–Kier alpha value is -6.96. The third kappa shape index (κ3) is 9.76. The summed E-state index contributed by atoms with van der Waals surface area (Å²) in [6.45, 7) is 0. The van der Waals surface area contributed by atoms with E-state index < -0.39 is 0 Å². The Bertz CT molecular complexity index is 3350. The van der Waals surface area contributed by atoms with Gasteiger partial charge in [0.1, 0.15) is 4.60 Å². The van der Waals surface area contributed by atoms with E-state index in [4.69, 9.17) is 15.0 Å². The van der Waals surface area contributed by atoms with Crippen LogP contribution in [0.5, 0.6) is 0 Å². The molecule has 0 fully saturated rings. The first kappa shape index (κ1) is 43.3. The van der Waals surface area contributed by atoms with Crippen LogP contribution in [0.4, 0.5) is 0 Å². The molecule has 7 heterocycles. The van der Waals surface area contributed by atoms with E-state index >= 15 is 0 Å². The summed E-state index contributed by atoms with van der Waals surface area (Å²) in [6.07, 6.45) is 6.32. The molecule has 12 rings (SSSR count). The molecule has 4 aromatic carbocycles. The van der Waals surface area contributed by atoms with E-state index in [9.17, 15) is 0 Å². The molecule has 7 nitrogen and oxygen atoms in total. The second kappa shape index (κ2) is 20.7. The molecule has 0 unspecified atom stereocenters. The Labute approximate surface area is 400 Å². The molecule has 7 aromatic heterocycles. The molecule has 0 saturated heterocycles. The number of hydrogen-bond acceptors (Lipinski definition) is 6. The Morgan fingerprint density at radius 2 is 0.831 bits per heavy atom. The van der Waals surface area contributed by atoms with Gasteiger partial charge in [-0.3, -0.25) is 15.0 Å². The quantitative estimate of drug-likeness (QED) is 0.159. The number of hydrogen-bond donors (Lipinski definition) is 0. The zero-order valence-corrected chi connectivity index (χ0v) is 39.2. The van der Waals surface area contributed by atoms with E-state index in [1.165, 1.54) is 33.2 Å². The molecule has 11 aromatic rings. The maximum atomic E-state index is 4.89. The van der Waals surface area contributed by atoms with Gasteiger partial charge >= 0.3 is 28.2 Å². The molecule has 1 aliphatic rings. The van der Waals surface area contributed by atoms with Crippen LogP contribution in [0.25, 0.3) is 89.6 Å². The summed E-state index contributed by atoms with van der Waals surface area (Å²) in [5.74, 6) is 0. The van der Waals surface area contributed by atoms with Gasteiger partial charge in [0, 0.05) is 24.2 Å². The standard InChI is InChI=1S/C23H16N2.C22H14N3.C10H7BrN2.ClH.Pt/c1-2-8-17-16(7-1)15-20-18(17)9-5-10-19(20)21-12-6-13-23(25-21)22-11-3-4-14-24-22;1-2-10-18-15(7-1)16-8-5-9-17(22(16)25-18)19-12-6-13-21(24-19)20-11-3-4-14-23-20;11-10-6-3-5-9(13-10)8-4-1-2-7-12-8;;/h1-14H,15H2;1-14H;1-7H;1H;/q;-1;;;+2/p-1. The van der Waals surface area contributed by atoms with E-state index in [0.717, 1.165) is 78.6 Å². The smallest absolute Gasteiger partial charge is 0.0893 e. The van der Waals surface area contributed by atoms with E-state index in [1.807, 2.05) is 103 Å². The zero-order valence-electron chi connectivity index (χ0n) is 34.6. The number of halogens is 2. The van der Waals surface area contributed by atoms with Gasteiger partial charge in [0.05, 0.1) is 45.6 Å². The van der Waals surface area contributed by atoms with Gasteiger partial charge in [-0.15, -0.1) is 11.0 Å². The monoisotopic (exact) mass is 1100 g/mol. The molecule has 0 spiro atoms. The summed E-state index contributed by atoms with van der Waals surface area (Å²) >= 11 is 4.93. The summed E-state index contributed by atoms with van der Waals surface area (Å²) in [4.78, 5) is 31.9. The van der Waals surface area contributed by atoms with Crippen molar-refractivity contribution < 1.29 is 18.8 Å². The fourth-order valence-corrected chi connectivity index (χ4v) is 8.30. The van der Waals surface area contributed by atoms with Gasteiger partial charge in [0.2, 0.25) is 0 Å². The summed E-state index contributed by atoms with van der Waals surface area (Å²) in [5, 5.41) is 2.35. The van der Waals surface area contributed by atoms with E-state index in [0.29, 0.717) is 0 Å². The summed E-state index contributed by atoms with van der Waals surface area (Å²) in [6, 6.07) is 65.2. The van der Waals surface area contributed by atoms with Crippen molar-refractivity contribution in [1.82, 2.24) is 34.9 Å². The van der Waals surface area contributed by atoms with Crippen LogP contribution in [0.15, 0.2) is 217 Å². The van der Waals surface area contributed by atoms with Gasteiger partial charge in [-0.1, -0.05) is 121 Å². The van der Waals surface area contributed by atoms with E-state index in [-0.39, 0.29) is 0 Å². The van der Waals surface area contributed by atoms with Gasteiger partial charge in [-0.25, -0.2) is 15.0 Å². The number of rotatable bonds is 5. The van der Waals surface area contributed by atoms with Gasteiger partial charge in [-0.05, 0) is 134 Å². The SMILES string of the molecule is Brc1cccc(-c2ccccn2)n1.[Cl][Pt+].c1ccc(-c2cccc(-c3cccc4c3Cc3ccccc3-4)n2)nc1.c1ccc(-c2cccc(-c3cccc4c3[n-]c3ccccc34)n2)nc1. The fraction of sp³-hybridized carbons (Fsp3) is 0.0182. The Morgan fingerprint density at radius 3 is 1.46 bits per heavy atom. The van der Waals surface area contributed by atoms with Crippen LogP contribution in [-0.4, -0.2) is 29.9 Å². The normalized spacial score (nSPS) is 11.0. The average Bonchev–Trinajstić information content (AvgIpc) is 3.97. The number of nitrogens with zero attached hydrogens (tertiary/aromatic N) is 7. The van der Waals surface area contributed by atoms with Crippen molar-refractivity contribution in [3.63, 3.8) is 0 Å². The third-order valence-electron chi connectivity index (χ3n) is 10.9. The summed E-state index contributed by atoms with van der Waals surface area (Å²) < 4.78 is 0.829. The van der Waals surface area contributed by atoms with E-state index in [1.54, 1.807) is 37.4 Å². The fourth-order valence-electron chi connectivity index (χ4n) is 7.95. The Kier molecular flexibility index (Phi) is 13.8. The van der Waals surface area contributed by atoms with Crippen LogP contribution >= 0.6 is 25.3 Å². The van der Waals surface area contributed by atoms with Crippen molar-refractivity contribution >= 4 is 47.2 Å². The number of pyridine rings is 6. The first-order valence-electron chi connectivity index (χ1n) is 20.7. The topological polar surface area (TPSA) is 91.4 Å². The average molecular weight is 1110 g/mol. The van der Waals surface area contributed by atoms with Crippen LogP contribution < -0.4 is 4.98 Å². The molecule has 0 aliphatic heterocycles. The van der Waals surface area contributed by atoms with Gasteiger partial charge in [-0.2, -0.15) is 0 Å². The Morgan fingerprint density at radius 1 is 0.385 bits per heavy atom. The van der Waals surface area contributed by atoms with Crippen LogP contribution in [0.1, 0.15) is 11.1 Å². The van der Waals surface area contributed by atoms with Crippen LogP contribution in [0, 0.1) is 0 Å². The third-order valence-corrected chi connectivity index (χ3v) is 11.3. The van der Waals surface area contributed by atoms with Gasteiger partial charge in [0.25, 0.3) is 0 Å². The molecule has 10 heteroatoms. The number of aromatic nitrogens is 7. The molecule has 0 amide bonds. The molecule has 0 bridgehead atoms. The van der Waals surface area contributed by atoms with Crippen LogP contribution in [-0.2, 0) is 25.2 Å². The molecule has 316 valence electrons. The van der Waals surface area contributed by atoms with Crippen molar-refractivity contribution in [2.45, 2.75) is 6.42 Å². The predicted molar refractivity (Wildman–Crippen MR) is 263 cm³/mol. The molecule has 0 saturated carbocycles. The molecule has 65 heavy (non-hydrogen) atoms. The number of para-hydroxylation sites is 2. The van der Waals surface area contributed by atoms with Crippen LogP contribution in [0.2, 0.25) is 0 Å². The number of fused-ring (bicyclic) bond motifs is 6. The minimum atomic E-state index is 0.829. The molecular formula is C55H37BrClN7Pt. The predicted octanol–water partition coefficient (Wildman–Crippen LogP) is 14.0. The molecule has 0 atom stereocenters. The largest absolute Gasteiger partial charge is 0.656 e. The van der Waals surface area contributed by atoms with Crippen LogP contribution in [0.3, 0.4) is 0 Å². The summed E-state index contributed by atoms with van der Waals surface area (Å²) in [5.41, 5.74) is 17.0. The minimum Gasteiger partial charge on any atom is -0.656 e. The second-order valence-corrected chi connectivity index (χ2v) is 15.6. The maximum Gasteiger partial charge on any atom is 0.0893 e. The molecule has 1 aliphatic carbocycles. The maximum absolute atomic E-state index is 4.89. The molecule has 0 N–H and O–H groups in total.